The summed E-state index contributed by atoms with van der Waals surface area (Å²) in [7, 11) is 1.37. The van der Waals surface area contributed by atoms with Crippen LogP contribution in [-0.2, 0) is 25.6 Å². The topological polar surface area (TPSA) is 65.1 Å². The average molecular weight is 502 g/mol. The second-order valence-electron chi connectivity index (χ2n) is 9.79. The van der Waals surface area contributed by atoms with Crippen molar-refractivity contribution in [2.75, 3.05) is 7.11 Å². The standard InChI is InChI=1S/C31H35NO5/c1-22(2)19-26-27(20-28(33)35-3)37-30(25-17-11-6-12-18-25)29(24-15-9-5-10-16-24)32(26)31(34)36-21-23-13-7-4-8-14-23/h4-18,22,26-27,29-30H,19-21H2,1-3H3/t26-,27+,29-,30+/m0/s1. The number of esters is 1. The maximum atomic E-state index is 14.0. The van der Waals surface area contributed by atoms with E-state index >= 15 is 0 Å². The van der Waals surface area contributed by atoms with Gasteiger partial charge in [0.15, 0.2) is 0 Å². The monoisotopic (exact) mass is 501 g/mol. The van der Waals surface area contributed by atoms with Gasteiger partial charge in [-0.25, -0.2) is 4.79 Å². The van der Waals surface area contributed by atoms with Crippen LogP contribution in [-0.4, -0.2) is 36.2 Å². The summed E-state index contributed by atoms with van der Waals surface area (Å²) >= 11 is 0. The van der Waals surface area contributed by atoms with Gasteiger partial charge in [-0.2, -0.15) is 0 Å². The minimum atomic E-state index is -0.552. The summed E-state index contributed by atoms with van der Waals surface area (Å²) in [5.41, 5.74) is 2.78. The summed E-state index contributed by atoms with van der Waals surface area (Å²) in [5, 5.41) is 0. The van der Waals surface area contributed by atoms with E-state index in [1.54, 1.807) is 0 Å². The summed E-state index contributed by atoms with van der Waals surface area (Å²) < 4.78 is 17.6. The lowest BCUT2D eigenvalue weighted by Gasteiger charge is -2.50. The van der Waals surface area contributed by atoms with Crippen molar-refractivity contribution >= 4 is 12.1 Å². The molecule has 0 radical (unpaired) electrons. The molecule has 37 heavy (non-hydrogen) atoms. The molecule has 1 aliphatic heterocycles. The first kappa shape index (κ1) is 26.4. The van der Waals surface area contributed by atoms with Gasteiger partial charge in [-0.15, -0.1) is 0 Å². The van der Waals surface area contributed by atoms with Crippen LogP contribution in [0.2, 0.25) is 0 Å². The number of nitrogens with zero attached hydrogens (tertiary/aromatic N) is 1. The molecule has 6 nitrogen and oxygen atoms in total. The summed E-state index contributed by atoms with van der Waals surface area (Å²) in [6.45, 7) is 4.36. The van der Waals surface area contributed by atoms with Crippen molar-refractivity contribution in [3.05, 3.63) is 108 Å². The first-order valence-corrected chi connectivity index (χ1v) is 12.8. The Balaban J connectivity index is 1.79. The molecule has 6 heteroatoms. The molecule has 0 saturated carbocycles. The Kier molecular flexibility index (Phi) is 8.96. The van der Waals surface area contributed by atoms with Gasteiger partial charge >= 0.3 is 12.1 Å². The Morgan fingerprint density at radius 3 is 2.00 bits per heavy atom. The van der Waals surface area contributed by atoms with Crippen LogP contribution in [0.4, 0.5) is 4.79 Å². The zero-order valence-corrected chi connectivity index (χ0v) is 21.7. The van der Waals surface area contributed by atoms with Gasteiger partial charge in [0.05, 0.1) is 31.7 Å². The van der Waals surface area contributed by atoms with Crippen molar-refractivity contribution in [2.45, 2.75) is 57.6 Å². The van der Waals surface area contributed by atoms with E-state index in [-0.39, 0.29) is 31.0 Å². The van der Waals surface area contributed by atoms with Crippen LogP contribution in [0, 0.1) is 5.92 Å². The van der Waals surface area contributed by atoms with Gasteiger partial charge < -0.3 is 14.2 Å². The predicted molar refractivity (Wildman–Crippen MR) is 142 cm³/mol. The van der Waals surface area contributed by atoms with Crippen molar-refractivity contribution in [2.24, 2.45) is 5.92 Å². The second-order valence-corrected chi connectivity index (χ2v) is 9.79. The normalized spacial score (nSPS) is 21.5. The molecule has 1 saturated heterocycles. The van der Waals surface area contributed by atoms with Crippen LogP contribution in [0.3, 0.4) is 0 Å². The summed E-state index contributed by atoms with van der Waals surface area (Å²) in [5.74, 6) is -0.121. The Bertz CT molecular complexity index is 1140. The van der Waals surface area contributed by atoms with Gasteiger partial charge in [0.25, 0.3) is 0 Å². The highest BCUT2D eigenvalue weighted by Crippen LogP contribution is 2.46. The molecule has 0 bridgehead atoms. The molecule has 0 unspecified atom stereocenters. The molecular weight excluding hydrogens is 466 g/mol. The molecule has 1 aliphatic rings. The Morgan fingerprint density at radius 2 is 1.43 bits per heavy atom. The fraction of sp³-hybridized carbons (Fsp3) is 0.355. The molecule has 4 atom stereocenters. The third kappa shape index (κ3) is 6.57. The number of rotatable bonds is 8. The van der Waals surface area contributed by atoms with Crippen LogP contribution in [0.25, 0.3) is 0 Å². The molecule has 1 heterocycles. The van der Waals surface area contributed by atoms with Crippen LogP contribution >= 0.6 is 0 Å². The quantitative estimate of drug-likeness (QED) is 0.330. The van der Waals surface area contributed by atoms with E-state index in [1.807, 2.05) is 95.9 Å². The largest absolute Gasteiger partial charge is 0.469 e. The van der Waals surface area contributed by atoms with E-state index in [1.165, 1.54) is 7.11 Å². The number of morpholine rings is 1. The molecule has 1 fully saturated rings. The van der Waals surface area contributed by atoms with Gasteiger partial charge in [-0.3, -0.25) is 9.69 Å². The van der Waals surface area contributed by atoms with Gasteiger partial charge in [-0.05, 0) is 29.0 Å². The molecule has 0 aromatic heterocycles. The predicted octanol–water partition coefficient (Wildman–Crippen LogP) is 6.48. The SMILES string of the molecule is COC(=O)C[C@H]1O[C@H](c2ccccc2)[C@H](c2ccccc2)N(C(=O)OCc2ccccc2)[C@H]1CC(C)C. The highest BCUT2D eigenvalue weighted by atomic mass is 16.6. The van der Waals surface area contributed by atoms with E-state index in [0.717, 1.165) is 16.7 Å². The molecule has 0 spiro atoms. The third-order valence-corrected chi connectivity index (χ3v) is 6.69. The number of methoxy groups -OCH3 is 1. The summed E-state index contributed by atoms with van der Waals surface area (Å²) in [4.78, 5) is 28.2. The second kappa shape index (κ2) is 12.5. The average Bonchev–Trinajstić information content (AvgIpc) is 2.93. The fourth-order valence-corrected chi connectivity index (χ4v) is 5.00. The van der Waals surface area contributed by atoms with E-state index in [4.69, 9.17) is 14.2 Å². The summed E-state index contributed by atoms with van der Waals surface area (Å²) in [6, 6.07) is 28.5. The molecule has 4 rings (SSSR count). The molecule has 194 valence electrons. The van der Waals surface area contributed by atoms with Crippen molar-refractivity contribution in [1.29, 1.82) is 0 Å². The van der Waals surface area contributed by atoms with Crippen molar-refractivity contribution in [3.63, 3.8) is 0 Å². The van der Waals surface area contributed by atoms with Gasteiger partial charge in [0.1, 0.15) is 12.7 Å². The lowest BCUT2D eigenvalue weighted by molar-refractivity contribution is -0.169. The minimum absolute atomic E-state index is 0.0429. The number of benzene rings is 3. The molecule has 3 aromatic carbocycles. The molecule has 0 aliphatic carbocycles. The number of amides is 1. The highest BCUT2D eigenvalue weighted by molar-refractivity contribution is 5.72. The van der Waals surface area contributed by atoms with E-state index in [0.29, 0.717) is 6.42 Å². The van der Waals surface area contributed by atoms with E-state index < -0.39 is 24.3 Å². The van der Waals surface area contributed by atoms with Crippen molar-refractivity contribution in [1.82, 2.24) is 4.90 Å². The molecule has 0 N–H and O–H groups in total. The van der Waals surface area contributed by atoms with Crippen LogP contribution in [0.1, 0.15) is 55.5 Å². The Hall–Kier alpha value is -3.64. The molecule has 3 aromatic rings. The van der Waals surface area contributed by atoms with Gasteiger partial charge in [-0.1, -0.05) is 105 Å². The van der Waals surface area contributed by atoms with E-state index in [9.17, 15) is 9.59 Å². The van der Waals surface area contributed by atoms with Crippen LogP contribution in [0.15, 0.2) is 91.0 Å². The first-order valence-electron chi connectivity index (χ1n) is 12.8. The van der Waals surface area contributed by atoms with Crippen molar-refractivity contribution < 1.29 is 23.8 Å². The lowest BCUT2D eigenvalue weighted by Crippen LogP contribution is -2.57. The lowest BCUT2D eigenvalue weighted by atomic mass is 9.86. The summed E-state index contributed by atoms with van der Waals surface area (Å²) in [6.07, 6.45) is -0.786. The fourth-order valence-electron chi connectivity index (χ4n) is 5.00. The smallest absolute Gasteiger partial charge is 0.411 e. The van der Waals surface area contributed by atoms with Crippen molar-refractivity contribution in [3.8, 4) is 0 Å². The Labute approximate surface area is 219 Å². The number of carbonyl (C=O) groups is 2. The zero-order chi connectivity index (χ0) is 26.2. The van der Waals surface area contributed by atoms with Crippen LogP contribution in [0.5, 0.6) is 0 Å². The zero-order valence-electron chi connectivity index (χ0n) is 21.7. The van der Waals surface area contributed by atoms with E-state index in [2.05, 4.69) is 13.8 Å². The Morgan fingerprint density at radius 1 is 0.865 bits per heavy atom. The minimum Gasteiger partial charge on any atom is -0.469 e. The van der Waals surface area contributed by atoms with Crippen LogP contribution < -0.4 is 0 Å². The maximum Gasteiger partial charge on any atom is 0.411 e. The number of hydrogen-bond acceptors (Lipinski definition) is 5. The number of carbonyl (C=O) groups excluding carboxylic acids is 2. The number of ether oxygens (including phenoxy) is 3. The molecular formula is C31H35NO5. The maximum absolute atomic E-state index is 14.0. The number of hydrogen-bond donors (Lipinski definition) is 0. The molecule has 1 amide bonds. The van der Waals surface area contributed by atoms with Gasteiger partial charge in [0, 0.05) is 0 Å². The third-order valence-electron chi connectivity index (χ3n) is 6.69. The first-order chi connectivity index (χ1) is 18.0. The highest BCUT2D eigenvalue weighted by Gasteiger charge is 2.48. The van der Waals surface area contributed by atoms with Gasteiger partial charge in [0.2, 0.25) is 0 Å².